The monoisotopic (exact) mass is 696 g/mol. The molecule has 6 aromatic rings. The fourth-order valence-electron chi connectivity index (χ4n) is 8.73. The molecule has 0 amide bonds. The first-order chi connectivity index (χ1) is 25.3. The normalized spacial score (nSPS) is 15.0. The average molecular weight is 697 g/mol. The highest BCUT2D eigenvalue weighted by Gasteiger charge is 2.35. The molecule has 4 aromatic carbocycles. The van der Waals surface area contributed by atoms with Gasteiger partial charge >= 0.3 is 0 Å². The molecule has 0 atom stereocenters. The summed E-state index contributed by atoms with van der Waals surface area (Å²) in [6.45, 7) is 11.4. The standard InChI is InChI=1S/C42H40N4O6/c1-23-39-29-15-17-43(23)33-11-13-37(51-5)41(47)31(33)22-46-36-20-26(50-4)8-10-28(36)30-16-18-44(24(2)40(30)46)34-12-14-38(52-6)42(48)32(34)21-45(39)35-19-25(49-3)7-9-27(29)35/h7-14,19-20,47-48H,1-2,15-18,21-22H2,3-6H3. The molecular formula is C42H40N4O6. The molecule has 2 aromatic heterocycles. The predicted molar refractivity (Wildman–Crippen MR) is 205 cm³/mol. The lowest BCUT2D eigenvalue weighted by Gasteiger charge is -2.37. The van der Waals surface area contributed by atoms with Crippen LogP contribution in [0.15, 0.2) is 73.8 Å². The number of hydrogen-bond acceptors (Lipinski definition) is 8. The van der Waals surface area contributed by atoms with Crippen molar-refractivity contribution in [2.24, 2.45) is 0 Å². The van der Waals surface area contributed by atoms with Crippen LogP contribution in [0.2, 0.25) is 0 Å². The van der Waals surface area contributed by atoms with E-state index in [1.807, 2.05) is 36.4 Å². The Morgan fingerprint density at radius 1 is 0.538 bits per heavy atom. The molecule has 52 heavy (non-hydrogen) atoms. The molecule has 0 aliphatic carbocycles. The highest BCUT2D eigenvalue weighted by atomic mass is 16.5. The van der Waals surface area contributed by atoms with Crippen molar-refractivity contribution in [2.45, 2.75) is 25.9 Å². The van der Waals surface area contributed by atoms with Gasteiger partial charge in [0.2, 0.25) is 0 Å². The minimum Gasteiger partial charge on any atom is -0.504 e. The van der Waals surface area contributed by atoms with Gasteiger partial charge in [0.25, 0.3) is 0 Å². The van der Waals surface area contributed by atoms with Crippen molar-refractivity contribution in [2.75, 3.05) is 51.3 Å². The van der Waals surface area contributed by atoms with Gasteiger partial charge in [-0.3, -0.25) is 0 Å². The number of hydrogen-bond donors (Lipinski definition) is 2. The van der Waals surface area contributed by atoms with E-state index in [2.05, 4.69) is 43.2 Å². The molecular weight excluding hydrogens is 656 g/mol. The number of nitrogens with zero attached hydrogens (tertiary/aromatic N) is 4. The molecule has 0 fully saturated rings. The van der Waals surface area contributed by atoms with Gasteiger partial charge in [-0.05, 0) is 72.5 Å². The van der Waals surface area contributed by atoms with Gasteiger partial charge in [0.1, 0.15) is 11.5 Å². The second kappa shape index (κ2) is 11.7. The Morgan fingerprint density at radius 3 is 1.35 bits per heavy atom. The number of fused-ring (bicyclic) bond motifs is 12. The van der Waals surface area contributed by atoms with E-state index >= 15 is 0 Å². The molecule has 0 radical (unpaired) electrons. The maximum atomic E-state index is 12.0. The van der Waals surface area contributed by atoms with Crippen LogP contribution in [0.5, 0.6) is 34.5 Å². The maximum absolute atomic E-state index is 12.0. The molecule has 264 valence electrons. The van der Waals surface area contributed by atoms with E-state index in [1.165, 1.54) is 11.1 Å². The lowest BCUT2D eigenvalue weighted by atomic mass is 9.98. The third-order valence-corrected chi connectivity index (χ3v) is 11.2. The van der Waals surface area contributed by atoms with E-state index in [1.54, 1.807) is 28.4 Å². The van der Waals surface area contributed by atoms with Crippen molar-refractivity contribution in [3.05, 3.63) is 107 Å². The highest BCUT2D eigenvalue weighted by Crippen LogP contribution is 2.49. The number of phenols is 2. The van der Waals surface area contributed by atoms with Crippen LogP contribution < -0.4 is 28.7 Å². The van der Waals surface area contributed by atoms with E-state index in [4.69, 9.17) is 32.1 Å². The smallest absolute Gasteiger partial charge is 0.164 e. The summed E-state index contributed by atoms with van der Waals surface area (Å²) < 4.78 is 27.3. The van der Waals surface area contributed by atoms with Crippen molar-refractivity contribution in [1.82, 2.24) is 9.13 Å². The van der Waals surface area contributed by atoms with Crippen LogP contribution in [0.3, 0.4) is 0 Å². The molecule has 3 aliphatic heterocycles. The SMILES string of the molecule is C=C1c2c3c4ccc(OC)cc4n2Cc2c(ccc(OC)c2O)N2CCc4c(n(c5cc(OC)ccc45)Cc4c(ccc(OC)c4O)N1CC3)C2=C. The zero-order valence-electron chi connectivity index (χ0n) is 29.7. The Labute approximate surface area is 301 Å². The lowest BCUT2D eigenvalue weighted by Crippen LogP contribution is -2.33. The van der Waals surface area contributed by atoms with Crippen LogP contribution in [0.1, 0.15) is 33.6 Å². The van der Waals surface area contributed by atoms with E-state index < -0.39 is 0 Å². The van der Waals surface area contributed by atoms with Crippen LogP contribution in [0.25, 0.3) is 33.2 Å². The number of ether oxygens (including phenoxy) is 4. The molecule has 4 bridgehead atoms. The van der Waals surface area contributed by atoms with Crippen molar-refractivity contribution < 1.29 is 29.2 Å². The van der Waals surface area contributed by atoms with Gasteiger partial charge in [-0.2, -0.15) is 0 Å². The topological polar surface area (TPSA) is 93.7 Å². The highest BCUT2D eigenvalue weighted by molar-refractivity contribution is 5.97. The summed E-state index contributed by atoms with van der Waals surface area (Å²) in [5.41, 5.74) is 10.9. The Morgan fingerprint density at radius 2 is 0.962 bits per heavy atom. The first-order valence-corrected chi connectivity index (χ1v) is 17.4. The van der Waals surface area contributed by atoms with Crippen LogP contribution >= 0.6 is 0 Å². The minimum atomic E-state index is 0.0788. The second-order valence-corrected chi connectivity index (χ2v) is 13.5. The molecule has 9 rings (SSSR count). The second-order valence-electron chi connectivity index (χ2n) is 13.5. The number of phenolic OH excluding ortho intramolecular Hbond substituents is 2. The predicted octanol–water partition coefficient (Wildman–Crippen LogP) is 7.52. The van der Waals surface area contributed by atoms with Gasteiger partial charge in [-0.1, -0.05) is 13.2 Å². The molecule has 0 spiro atoms. The first kappa shape index (κ1) is 31.8. The third kappa shape index (κ3) is 4.36. The molecule has 10 heteroatoms. The van der Waals surface area contributed by atoms with E-state index in [-0.39, 0.29) is 11.5 Å². The van der Waals surface area contributed by atoms with E-state index in [0.717, 1.165) is 80.3 Å². The fourth-order valence-corrected chi connectivity index (χ4v) is 8.73. The van der Waals surface area contributed by atoms with Gasteiger partial charge in [0.05, 0.1) is 86.7 Å². The minimum absolute atomic E-state index is 0.0788. The summed E-state index contributed by atoms with van der Waals surface area (Å²) in [7, 11) is 6.48. The summed E-state index contributed by atoms with van der Waals surface area (Å²) in [5, 5.41) is 26.1. The molecule has 3 aliphatic rings. The number of anilines is 2. The molecule has 5 heterocycles. The van der Waals surface area contributed by atoms with Gasteiger partial charge in [-0.25, -0.2) is 0 Å². The zero-order chi connectivity index (χ0) is 36.0. The van der Waals surface area contributed by atoms with Crippen molar-refractivity contribution >= 4 is 44.6 Å². The molecule has 0 unspecified atom stereocenters. The molecule has 0 saturated carbocycles. The number of benzene rings is 4. The average Bonchev–Trinajstić information content (AvgIpc) is 3.65. The van der Waals surface area contributed by atoms with Crippen molar-refractivity contribution in [1.29, 1.82) is 0 Å². The summed E-state index contributed by atoms with van der Waals surface area (Å²) in [6, 6.07) is 19.9. The molecule has 0 saturated heterocycles. The van der Waals surface area contributed by atoms with Gasteiger partial charge in [0, 0.05) is 47.1 Å². The number of methoxy groups -OCH3 is 4. The van der Waals surface area contributed by atoms with Crippen LogP contribution in [0.4, 0.5) is 11.4 Å². The number of rotatable bonds is 4. The van der Waals surface area contributed by atoms with E-state index in [9.17, 15) is 10.2 Å². The van der Waals surface area contributed by atoms with Crippen molar-refractivity contribution in [3.63, 3.8) is 0 Å². The molecule has 10 nitrogen and oxygen atoms in total. The number of aromatic nitrogens is 2. The summed E-state index contributed by atoms with van der Waals surface area (Å²) in [4.78, 5) is 4.39. The van der Waals surface area contributed by atoms with Gasteiger partial charge in [0.15, 0.2) is 23.0 Å². The Kier molecular flexibility index (Phi) is 7.15. The fraction of sp³-hybridized carbons (Fsp3) is 0.238. The van der Waals surface area contributed by atoms with Gasteiger partial charge in [-0.15, -0.1) is 0 Å². The van der Waals surface area contributed by atoms with Gasteiger partial charge < -0.3 is 48.1 Å². The lowest BCUT2D eigenvalue weighted by molar-refractivity contribution is 0.370. The zero-order valence-corrected chi connectivity index (χ0v) is 29.7. The van der Waals surface area contributed by atoms with Crippen LogP contribution in [-0.4, -0.2) is 60.9 Å². The summed E-state index contributed by atoms with van der Waals surface area (Å²) >= 11 is 0. The largest absolute Gasteiger partial charge is 0.504 e. The summed E-state index contributed by atoms with van der Waals surface area (Å²) in [6.07, 6.45) is 1.46. The third-order valence-electron chi connectivity index (χ3n) is 11.2. The molecule has 2 N–H and O–H groups in total. The Balaban J connectivity index is 1.39. The van der Waals surface area contributed by atoms with E-state index in [0.29, 0.717) is 48.8 Å². The summed E-state index contributed by atoms with van der Waals surface area (Å²) in [5.74, 6) is 2.42. The first-order valence-electron chi connectivity index (χ1n) is 17.4. The quantitative estimate of drug-likeness (QED) is 0.196. The maximum Gasteiger partial charge on any atom is 0.164 e. The Hall–Kier alpha value is -6.16. The Bertz CT molecular complexity index is 2340. The van der Waals surface area contributed by atoms with Crippen LogP contribution in [-0.2, 0) is 25.9 Å². The van der Waals surface area contributed by atoms with Crippen molar-refractivity contribution in [3.8, 4) is 34.5 Å². The number of aromatic hydroxyl groups is 2. The van der Waals surface area contributed by atoms with Crippen LogP contribution in [0, 0.1) is 0 Å².